The van der Waals surface area contributed by atoms with Gasteiger partial charge in [0, 0.05) is 6.54 Å². The van der Waals surface area contributed by atoms with Gasteiger partial charge in [-0.05, 0) is 24.5 Å². The molecule has 0 aliphatic heterocycles. The minimum atomic E-state index is 0.620. The van der Waals surface area contributed by atoms with Gasteiger partial charge in [0.25, 0.3) is 0 Å². The lowest BCUT2D eigenvalue weighted by atomic mass is 9.87. The Bertz CT molecular complexity index is 359. The van der Waals surface area contributed by atoms with E-state index in [9.17, 15) is 0 Å². The fourth-order valence-electron chi connectivity index (χ4n) is 2.53. The summed E-state index contributed by atoms with van der Waals surface area (Å²) in [7, 11) is 0. The van der Waals surface area contributed by atoms with Crippen molar-refractivity contribution in [3.05, 3.63) is 28.2 Å². The van der Waals surface area contributed by atoms with Crippen molar-refractivity contribution >= 4 is 28.9 Å². The predicted molar refractivity (Wildman–Crippen MR) is 76.1 cm³/mol. The largest absolute Gasteiger partial charge is 0.384 e. The van der Waals surface area contributed by atoms with Crippen LogP contribution in [0, 0.1) is 5.92 Å². The summed E-state index contributed by atoms with van der Waals surface area (Å²) in [5, 5.41) is 4.64. The van der Waals surface area contributed by atoms with Crippen LogP contribution in [0.1, 0.15) is 38.5 Å². The molecule has 0 radical (unpaired) electrons. The van der Waals surface area contributed by atoms with E-state index < -0.39 is 0 Å². The molecule has 0 amide bonds. The third kappa shape index (κ3) is 3.79. The maximum absolute atomic E-state index is 6.12. The molecule has 1 aliphatic rings. The Labute approximate surface area is 114 Å². The summed E-state index contributed by atoms with van der Waals surface area (Å²) in [5.74, 6) is 0.897. The normalized spacial score (nSPS) is 17.1. The van der Waals surface area contributed by atoms with Gasteiger partial charge in [0.05, 0.1) is 15.7 Å². The van der Waals surface area contributed by atoms with E-state index in [0.717, 1.165) is 18.2 Å². The van der Waals surface area contributed by atoms with Gasteiger partial charge in [0.2, 0.25) is 0 Å². The molecule has 1 N–H and O–H groups in total. The average molecular weight is 272 g/mol. The van der Waals surface area contributed by atoms with E-state index in [-0.39, 0.29) is 0 Å². The number of hydrogen-bond acceptors (Lipinski definition) is 1. The van der Waals surface area contributed by atoms with Crippen molar-refractivity contribution in [2.24, 2.45) is 5.92 Å². The highest BCUT2D eigenvalue weighted by Gasteiger charge is 2.13. The third-order valence-electron chi connectivity index (χ3n) is 3.54. The van der Waals surface area contributed by atoms with Crippen LogP contribution in [0.5, 0.6) is 0 Å². The number of anilines is 1. The molecule has 1 saturated carbocycles. The molecule has 0 heterocycles. The van der Waals surface area contributed by atoms with E-state index in [4.69, 9.17) is 23.2 Å². The maximum Gasteiger partial charge on any atom is 0.0823 e. The first-order valence-electron chi connectivity index (χ1n) is 6.45. The fourth-order valence-corrected chi connectivity index (χ4v) is 2.89. The van der Waals surface area contributed by atoms with Crippen LogP contribution in [0.4, 0.5) is 5.69 Å². The zero-order valence-corrected chi connectivity index (χ0v) is 11.5. The molecule has 3 heteroatoms. The SMILES string of the molecule is Clc1cccc(NCCC2CCCCC2)c1Cl. The standard InChI is InChI=1S/C14H19Cl2N/c15-12-7-4-8-13(14(12)16)17-10-9-11-5-2-1-3-6-11/h4,7-8,11,17H,1-3,5-6,9-10H2. The Balaban J connectivity index is 1.79. The highest BCUT2D eigenvalue weighted by atomic mass is 35.5. The molecule has 0 saturated heterocycles. The van der Waals surface area contributed by atoms with E-state index >= 15 is 0 Å². The van der Waals surface area contributed by atoms with Crippen molar-refractivity contribution in [3.63, 3.8) is 0 Å². The van der Waals surface area contributed by atoms with Crippen LogP contribution in [-0.2, 0) is 0 Å². The van der Waals surface area contributed by atoms with Gasteiger partial charge in [-0.1, -0.05) is 61.4 Å². The number of rotatable bonds is 4. The van der Waals surface area contributed by atoms with Crippen LogP contribution < -0.4 is 5.32 Å². The van der Waals surface area contributed by atoms with Gasteiger partial charge in [-0.25, -0.2) is 0 Å². The quantitative estimate of drug-likeness (QED) is 0.776. The first-order valence-corrected chi connectivity index (χ1v) is 7.21. The predicted octanol–water partition coefficient (Wildman–Crippen LogP) is 5.38. The molecular formula is C14H19Cl2N. The Morgan fingerprint density at radius 1 is 1.12 bits per heavy atom. The third-order valence-corrected chi connectivity index (χ3v) is 4.36. The molecule has 0 aromatic heterocycles. The highest BCUT2D eigenvalue weighted by molar-refractivity contribution is 6.43. The molecule has 1 aromatic carbocycles. The van der Waals surface area contributed by atoms with E-state index in [1.807, 2.05) is 18.2 Å². The van der Waals surface area contributed by atoms with Gasteiger partial charge >= 0.3 is 0 Å². The first kappa shape index (κ1) is 13.0. The summed E-state index contributed by atoms with van der Waals surface area (Å²) in [5.41, 5.74) is 0.954. The molecule has 0 spiro atoms. The minimum Gasteiger partial charge on any atom is -0.384 e. The Hall–Kier alpha value is -0.400. The lowest BCUT2D eigenvalue weighted by molar-refractivity contribution is 0.345. The second-order valence-electron chi connectivity index (χ2n) is 4.82. The van der Waals surface area contributed by atoms with E-state index in [1.165, 1.54) is 38.5 Å². The van der Waals surface area contributed by atoms with Crippen molar-refractivity contribution in [2.75, 3.05) is 11.9 Å². The Kier molecular flexibility index (Phi) is 4.99. The molecular weight excluding hydrogens is 253 g/mol. The summed E-state index contributed by atoms with van der Waals surface area (Å²) >= 11 is 12.1. The van der Waals surface area contributed by atoms with Gasteiger partial charge in [-0.2, -0.15) is 0 Å². The van der Waals surface area contributed by atoms with Crippen LogP contribution >= 0.6 is 23.2 Å². The molecule has 1 aromatic rings. The second-order valence-corrected chi connectivity index (χ2v) is 5.61. The molecule has 0 bridgehead atoms. The van der Waals surface area contributed by atoms with Gasteiger partial charge in [0.15, 0.2) is 0 Å². The molecule has 0 unspecified atom stereocenters. The lowest BCUT2D eigenvalue weighted by Crippen LogP contribution is -2.12. The van der Waals surface area contributed by atoms with Crippen LogP contribution in [0.25, 0.3) is 0 Å². The molecule has 94 valence electrons. The van der Waals surface area contributed by atoms with E-state index in [0.29, 0.717) is 10.0 Å². The molecule has 1 aliphatic carbocycles. The van der Waals surface area contributed by atoms with Gasteiger partial charge in [-0.3, -0.25) is 0 Å². The summed E-state index contributed by atoms with van der Waals surface area (Å²) in [6.45, 7) is 0.991. The zero-order chi connectivity index (χ0) is 12.1. The summed E-state index contributed by atoms with van der Waals surface area (Å²) in [4.78, 5) is 0. The number of hydrogen-bond donors (Lipinski definition) is 1. The number of benzene rings is 1. The maximum atomic E-state index is 6.12. The topological polar surface area (TPSA) is 12.0 Å². The van der Waals surface area contributed by atoms with Crippen LogP contribution in [0.3, 0.4) is 0 Å². The zero-order valence-electron chi connectivity index (χ0n) is 10.0. The van der Waals surface area contributed by atoms with Crippen molar-refractivity contribution in [2.45, 2.75) is 38.5 Å². The average Bonchev–Trinajstić information content (AvgIpc) is 2.36. The van der Waals surface area contributed by atoms with Crippen LogP contribution in [0.15, 0.2) is 18.2 Å². The first-order chi connectivity index (χ1) is 8.27. The lowest BCUT2D eigenvalue weighted by Gasteiger charge is -2.21. The molecule has 1 nitrogen and oxygen atoms in total. The van der Waals surface area contributed by atoms with Crippen LogP contribution in [-0.4, -0.2) is 6.54 Å². The highest BCUT2D eigenvalue weighted by Crippen LogP contribution is 2.30. The van der Waals surface area contributed by atoms with Gasteiger partial charge in [-0.15, -0.1) is 0 Å². The van der Waals surface area contributed by atoms with Crippen molar-refractivity contribution in [3.8, 4) is 0 Å². The van der Waals surface area contributed by atoms with Gasteiger partial charge < -0.3 is 5.32 Å². The molecule has 17 heavy (non-hydrogen) atoms. The van der Waals surface area contributed by atoms with Crippen LogP contribution in [0.2, 0.25) is 10.0 Å². The summed E-state index contributed by atoms with van der Waals surface area (Å²) < 4.78 is 0. The molecule has 2 rings (SSSR count). The minimum absolute atomic E-state index is 0.620. The molecule has 1 fully saturated rings. The second kappa shape index (κ2) is 6.51. The summed E-state index contributed by atoms with van der Waals surface area (Å²) in [6, 6.07) is 5.72. The fraction of sp³-hybridized carbons (Fsp3) is 0.571. The number of nitrogens with one attached hydrogen (secondary N) is 1. The number of halogens is 2. The van der Waals surface area contributed by atoms with E-state index in [1.54, 1.807) is 0 Å². The van der Waals surface area contributed by atoms with Crippen molar-refractivity contribution in [1.82, 2.24) is 0 Å². The van der Waals surface area contributed by atoms with E-state index in [2.05, 4.69) is 5.32 Å². The van der Waals surface area contributed by atoms with Crippen molar-refractivity contribution < 1.29 is 0 Å². The Morgan fingerprint density at radius 2 is 1.88 bits per heavy atom. The van der Waals surface area contributed by atoms with Gasteiger partial charge in [0.1, 0.15) is 0 Å². The molecule has 0 atom stereocenters. The van der Waals surface area contributed by atoms with Crippen molar-refractivity contribution in [1.29, 1.82) is 0 Å². The summed E-state index contributed by atoms with van der Waals surface area (Å²) in [6.07, 6.45) is 8.26. The smallest absolute Gasteiger partial charge is 0.0823 e. The Morgan fingerprint density at radius 3 is 2.65 bits per heavy atom. The monoisotopic (exact) mass is 271 g/mol.